The van der Waals surface area contributed by atoms with Gasteiger partial charge in [-0.2, -0.15) is 0 Å². The lowest BCUT2D eigenvalue weighted by Crippen LogP contribution is -2.42. The summed E-state index contributed by atoms with van der Waals surface area (Å²) in [5.41, 5.74) is 8.90. The van der Waals surface area contributed by atoms with Crippen LogP contribution in [0.3, 0.4) is 0 Å². The number of allylic oxidation sites excluding steroid dienone is 7. The standard InChI is InChI=1S/C91H114O12/c1-24-92-74-56-31-25-38-63-68(56)69-57(75(74)94-51(6)43-49(2)3)32-26-34-59(69)77-82(63)100-88(16,17)47-89(18,19)102-84-66-41-30-42-67-73(66)71-61(79(84)97-54(9)44-52(7)95-77)36-28-37-62(71)80-85(67)103-91(22,23)48-90(20,21)101-83-65-40-29-39-64-72(65)70-58(33-27-35-60(70)78(83)96-53(8)45-55(10)98-80)76(93-50(4)5)81(64)99-87(14,15)46-86(11,12)13/h25-31,33-34,37-39,42,49-55,82H,24,32,35-36,40-41,43-48H2,1-23H3. The van der Waals surface area contributed by atoms with Gasteiger partial charge in [0.2, 0.25) is 0 Å². The molecule has 6 aliphatic carbocycles. The maximum Gasteiger partial charge on any atom is 0.170 e. The molecule has 12 heteroatoms. The van der Waals surface area contributed by atoms with Crippen LogP contribution >= 0.6 is 0 Å². The van der Waals surface area contributed by atoms with Gasteiger partial charge in [-0.3, -0.25) is 0 Å². The van der Waals surface area contributed by atoms with E-state index in [9.17, 15) is 0 Å². The van der Waals surface area contributed by atoms with Gasteiger partial charge in [-0.1, -0.05) is 114 Å². The summed E-state index contributed by atoms with van der Waals surface area (Å²) in [4.78, 5) is 0. The minimum atomic E-state index is -0.819. The minimum absolute atomic E-state index is 0.0186. The van der Waals surface area contributed by atoms with E-state index in [1.807, 2.05) is 0 Å². The van der Waals surface area contributed by atoms with Crippen LogP contribution in [0.1, 0.15) is 265 Å². The van der Waals surface area contributed by atoms with E-state index in [0.717, 1.165) is 164 Å². The van der Waals surface area contributed by atoms with Crippen LogP contribution in [0.4, 0.5) is 0 Å². The van der Waals surface area contributed by atoms with E-state index in [-0.39, 0.29) is 42.0 Å². The highest BCUT2D eigenvalue weighted by Gasteiger charge is 2.46. The lowest BCUT2D eigenvalue weighted by atomic mass is 9.78. The number of fused-ring (bicyclic) bond motifs is 11. The van der Waals surface area contributed by atoms with Crippen LogP contribution in [0, 0.1) is 11.3 Å². The molecule has 12 nitrogen and oxygen atoms in total. The predicted octanol–water partition coefficient (Wildman–Crippen LogP) is 22.9. The van der Waals surface area contributed by atoms with Gasteiger partial charge in [-0.15, -0.1) is 0 Å². The van der Waals surface area contributed by atoms with E-state index in [4.69, 9.17) is 56.8 Å². The summed E-state index contributed by atoms with van der Waals surface area (Å²) >= 11 is 0. The zero-order valence-electron chi connectivity index (χ0n) is 66.0. The maximum atomic E-state index is 7.78. The van der Waals surface area contributed by atoms with Crippen molar-refractivity contribution < 1.29 is 56.8 Å². The van der Waals surface area contributed by atoms with Crippen LogP contribution < -0.4 is 47.4 Å². The highest BCUT2D eigenvalue weighted by molar-refractivity contribution is 6.12. The van der Waals surface area contributed by atoms with Crippen molar-refractivity contribution in [3.63, 3.8) is 0 Å². The van der Waals surface area contributed by atoms with Gasteiger partial charge >= 0.3 is 0 Å². The zero-order valence-corrected chi connectivity index (χ0v) is 66.0. The fourth-order valence-electron chi connectivity index (χ4n) is 19.1. The van der Waals surface area contributed by atoms with Gasteiger partial charge in [-0.05, 0) is 186 Å². The van der Waals surface area contributed by atoms with E-state index in [2.05, 4.69) is 238 Å². The summed E-state index contributed by atoms with van der Waals surface area (Å²) in [6, 6.07) is 6.53. The third-order valence-electron chi connectivity index (χ3n) is 21.1. The zero-order chi connectivity index (χ0) is 73.5. The largest absolute Gasteiger partial charge is 0.491 e. The second kappa shape index (κ2) is 26.4. The Morgan fingerprint density at radius 1 is 0.485 bits per heavy atom. The lowest BCUT2D eigenvalue weighted by molar-refractivity contribution is -0.113. The van der Waals surface area contributed by atoms with Gasteiger partial charge in [0, 0.05) is 119 Å². The molecular weight excluding hydrogens is 1280 g/mol. The molecule has 6 atom stereocenters. The van der Waals surface area contributed by atoms with Gasteiger partial charge < -0.3 is 56.8 Å². The fraction of sp³-hybridized carbons (Fsp3) is 0.538. The van der Waals surface area contributed by atoms with Crippen molar-refractivity contribution in [3.05, 3.63) is 122 Å². The Hall–Kier alpha value is -7.70. The molecule has 6 aromatic carbocycles. The Morgan fingerprint density at radius 2 is 0.951 bits per heavy atom. The summed E-state index contributed by atoms with van der Waals surface area (Å²) in [5, 5.41) is 6.59. The Balaban J connectivity index is 0.875. The topological polar surface area (TPSA) is 111 Å². The van der Waals surface area contributed by atoms with Crippen LogP contribution in [0.2, 0.25) is 0 Å². The molecule has 2 heterocycles. The molecule has 0 saturated carbocycles. The first kappa shape index (κ1) is 72.3. The van der Waals surface area contributed by atoms with E-state index < -0.39 is 34.1 Å². The van der Waals surface area contributed by atoms with E-state index in [1.165, 1.54) is 0 Å². The number of hydrogen-bond acceptors (Lipinski definition) is 12. The molecule has 0 bridgehead atoms. The van der Waals surface area contributed by atoms with Gasteiger partial charge in [-0.25, -0.2) is 0 Å². The normalized spacial score (nSPS) is 22.9. The van der Waals surface area contributed by atoms with Crippen molar-refractivity contribution in [3.8, 4) is 57.5 Å². The molecule has 0 aromatic heterocycles. The third-order valence-corrected chi connectivity index (χ3v) is 21.1. The first-order valence-electron chi connectivity index (χ1n) is 38.7. The Kier molecular flexibility index (Phi) is 18.5. The van der Waals surface area contributed by atoms with Crippen molar-refractivity contribution in [2.45, 2.75) is 301 Å². The van der Waals surface area contributed by atoms with Crippen LogP contribution in [0.5, 0.6) is 57.5 Å². The molecule has 6 aromatic rings. The van der Waals surface area contributed by atoms with Gasteiger partial charge in [0.05, 0.1) is 48.8 Å². The summed E-state index contributed by atoms with van der Waals surface area (Å²) in [7, 11) is 0. The van der Waals surface area contributed by atoms with Crippen molar-refractivity contribution in [2.75, 3.05) is 6.61 Å². The molecule has 6 unspecified atom stereocenters. The number of rotatable bonds is 11. The average molecular weight is 1400 g/mol. The molecule has 14 rings (SSSR count). The maximum absolute atomic E-state index is 7.78. The van der Waals surface area contributed by atoms with Crippen LogP contribution in [-0.2, 0) is 41.6 Å². The number of hydrogen-bond donors (Lipinski definition) is 0. The van der Waals surface area contributed by atoms with Gasteiger partial charge in [0.1, 0.15) is 34.3 Å². The SMILES string of the molecule is CCOc1c(OC(C)CC(C)C)c2c3c4c(cccc14)C1OC(C)(C)CC(C)(C)Oc4c(c5c6c(c7c(c8c6c4CC=C8)OC(C)(C)CC(C)(C)Oc4c(c6c8c(c(OC(C)C)c(OC(C)(C)CC(C)(C)C)c9c8c4CC=C9)C=CC6)OC(C)CC(C)O7)C=CC5)OC(C)CC(C)OC1=C3C=CC2. The lowest BCUT2D eigenvalue weighted by Gasteiger charge is -2.42. The minimum Gasteiger partial charge on any atom is -0.491 e. The molecule has 8 aliphatic rings. The highest BCUT2D eigenvalue weighted by atomic mass is 16.6. The van der Waals surface area contributed by atoms with Crippen LogP contribution in [0.15, 0.2) is 60.4 Å². The van der Waals surface area contributed by atoms with Crippen LogP contribution in [0.25, 0.3) is 62.2 Å². The first-order valence-corrected chi connectivity index (χ1v) is 38.7. The molecule has 0 spiro atoms. The Morgan fingerprint density at radius 3 is 1.49 bits per heavy atom. The summed E-state index contributed by atoms with van der Waals surface area (Å²) in [6.45, 7) is 50.8. The van der Waals surface area contributed by atoms with E-state index in [0.29, 0.717) is 81.8 Å². The third kappa shape index (κ3) is 13.7. The Bertz CT molecular complexity index is 4600. The molecule has 0 N–H and O–H groups in total. The quantitative estimate of drug-likeness (QED) is 0.123. The number of benzene rings is 6. The smallest absolute Gasteiger partial charge is 0.170 e. The summed E-state index contributed by atoms with van der Waals surface area (Å²) in [5.74, 6) is 8.83. The number of ether oxygens (including phenoxy) is 12. The first-order chi connectivity index (χ1) is 48.5. The molecule has 0 amide bonds. The Labute approximate surface area is 613 Å². The summed E-state index contributed by atoms with van der Waals surface area (Å²) in [6.07, 6.45) is 27.7. The van der Waals surface area contributed by atoms with Gasteiger partial charge in [0.15, 0.2) is 57.5 Å². The van der Waals surface area contributed by atoms with Crippen molar-refractivity contribution >= 4 is 62.2 Å². The van der Waals surface area contributed by atoms with Crippen molar-refractivity contribution in [1.29, 1.82) is 0 Å². The molecular formula is C91H114O12. The molecule has 0 radical (unpaired) electrons. The highest BCUT2D eigenvalue weighted by Crippen LogP contribution is 2.61. The van der Waals surface area contributed by atoms with Gasteiger partial charge in [0.25, 0.3) is 0 Å². The monoisotopic (exact) mass is 1400 g/mol. The second-order valence-corrected chi connectivity index (χ2v) is 35.9. The second-order valence-electron chi connectivity index (χ2n) is 35.9. The molecule has 2 aliphatic heterocycles. The van der Waals surface area contributed by atoms with Crippen molar-refractivity contribution in [1.82, 2.24) is 0 Å². The average Bonchev–Trinajstić information content (AvgIpc) is 0.718. The molecule has 0 saturated heterocycles. The molecule has 0 fully saturated rings. The summed E-state index contributed by atoms with van der Waals surface area (Å²) < 4.78 is 89.1. The fourth-order valence-corrected chi connectivity index (χ4v) is 19.1. The van der Waals surface area contributed by atoms with Crippen LogP contribution in [-0.4, -0.2) is 71.2 Å². The molecule has 103 heavy (non-hydrogen) atoms. The van der Waals surface area contributed by atoms with E-state index >= 15 is 0 Å². The molecule has 550 valence electrons. The van der Waals surface area contributed by atoms with E-state index in [1.54, 1.807) is 0 Å². The predicted molar refractivity (Wildman–Crippen MR) is 419 cm³/mol. The van der Waals surface area contributed by atoms with Crippen molar-refractivity contribution in [2.24, 2.45) is 11.3 Å².